The molecule has 12 nitrogen and oxygen atoms in total. The maximum atomic E-state index is 14.7. The van der Waals surface area contributed by atoms with Gasteiger partial charge < -0.3 is 34.0 Å². The van der Waals surface area contributed by atoms with Crippen LogP contribution in [0.25, 0.3) is 0 Å². The van der Waals surface area contributed by atoms with E-state index in [4.69, 9.17) is 14.2 Å². The third kappa shape index (κ3) is 7.30. The van der Waals surface area contributed by atoms with Crippen molar-refractivity contribution in [2.75, 3.05) is 59.6 Å². The van der Waals surface area contributed by atoms with Crippen molar-refractivity contribution in [1.82, 2.24) is 19.6 Å². The number of carbonyl (C=O) groups excluding carboxylic acids is 4. The van der Waals surface area contributed by atoms with Gasteiger partial charge in [-0.05, 0) is 32.3 Å². The van der Waals surface area contributed by atoms with E-state index >= 15 is 0 Å². The molecule has 0 aliphatic carbocycles. The lowest BCUT2D eigenvalue weighted by Crippen LogP contribution is -2.59. The van der Waals surface area contributed by atoms with Crippen molar-refractivity contribution in [3.05, 3.63) is 61.2 Å². The summed E-state index contributed by atoms with van der Waals surface area (Å²) in [6, 6.07) is 6.91. The third-order valence-corrected chi connectivity index (χ3v) is 11.6. The normalized spacial score (nSPS) is 29.2. The number of ether oxygens (including phenoxy) is 3. The molecule has 2 bridgehead atoms. The van der Waals surface area contributed by atoms with Crippen LogP contribution in [-0.4, -0.2) is 143 Å². The molecule has 1 spiro atoms. The van der Waals surface area contributed by atoms with Gasteiger partial charge in [-0.1, -0.05) is 58.4 Å². The van der Waals surface area contributed by atoms with Crippen LogP contribution < -0.4 is 0 Å². The fourth-order valence-electron chi connectivity index (χ4n) is 8.01. The molecule has 0 radical (unpaired) electrons. The number of benzene rings is 1. The summed E-state index contributed by atoms with van der Waals surface area (Å²) >= 11 is 3.73. The fraction of sp³-hybridized carbons (Fsp3) is 0.622. The minimum absolute atomic E-state index is 0.115. The largest absolute Gasteiger partial charge is 0.455 e. The summed E-state index contributed by atoms with van der Waals surface area (Å²) in [5.74, 6) is -3.49. The molecule has 0 aromatic heterocycles. The van der Waals surface area contributed by atoms with Gasteiger partial charge >= 0.3 is 5.97 Å². The SMILES string of the molecule is C=CCCC(=O)N(C)[C@@H](C)[C@@H](OC(=O)[C@@H]1[C@H]2O[C@@]3(CC2Br)[C@H](C(=O)N(CC=C)CCN2CCOCC2)N([C@H](C)CO)C(=O)[C@@H]13)c1ccccc1. The highest BCUT2D eigenvalue weighted by molar-refractivity contribution is 9.09. The topological polar surface area (TPSA) is 129 Å². The number of carbonyl (C=O) groups is 4. The Morgan fingerprint density at radius 1 is 1.16 bits per heavy atom. The lowest BCUT2D eigenvalue weighted by atomic mass is 9.70. The first kappa shape index (κ1) is 38.1. The Labute approximate surface area is 303 Å². The minimum Gasteiger partial charge on any atom is -0.455 e. The Morgan fingerprint density at radius 3 is 2.50 bits per heavy atom. The number of aliphatic hydroxyl groups excluding tert-OH is 1. The third-order valence-electron chi connectivity index (χ3n) is 10.8. The zero-order chi connectivity index (χ0) is 36.2. The summed E-state index contributed by atoms with van der Waals surface area (Å²) in [7, 11) is 1.68. The van der Waals surface area contributed by atoms with Gasteiger partial charge in [-0.15, -0.1) is 13.2 Å². The summed E-state index contributed by atoms with van der Waals surface area (Å²) in [6.45, 7) is 14.8. The molecule has 9 atom stereocenters. The summed E-state index contributed by atoms with van der Waals surface area (Å²) < 4.78 is 18.5. The predicted molar refractivity (Wildman–Crippen MR) is 190 cm³/mol. The molecule has 3 amide bonds. The van der Waals surface area contributed by atoms with E-state index in [-0.39, 0.29) is 36.2 Å². The summed E-state index contributed by atoms with van der Waals surface area (Å²) in [4.78, 5) is 63.3. The van der Waals surface area contributed by atoms with Crippen molar-refractivity contribution in [2.45, 2.75) is 73.9 Å². The number of fused-ring (bicyclic) bond motifs is 1. The van der Waals surface area contributed by atoms with E-state index in [1.165, 1.54) is 4.90 Å². The lowest BCUT2D eigenvalue weighted by Gasteiger charge is -2.39. The zero-order valence-corrected chi connectivity index (χ0v) is 30.9. The molecule has 1 aromatic carbocycles. The van der Waals surface area contributed by atoms with Gasteiger partial charge in [0.05, 0.1) is 49.8 Å². The number of halogens is 1. The van der Waals surface area contributed by atoms with Crippen LogP contribution in [0.2, 0.25) is 0 Å². The number of aliphatic hydroxyl groups is 1. The Balaban J connectivity index is 1.46. The van der Waals surface area contributed by atoms with Gasteiger partial charge in [0.15, 0.2) is 0 Å². The van der Waals surface area contributed by atoms with E-state index < -0.39 is 59.6 Å². The predicted octanol–water partition coefficient (Wildman–Crippen LogP) is 2.56. The Bertz CT molecular complexity index is 1410. The molecule has 0 saturated carbocycles. The van der Waals surface area contributed by atoms with Gasteiger partial charge in [0.1, 0.15) is 17.7 Å². The number of likely N-dealkylation sites (N-methyl/N-ethyl adjacent to an activating group) is 1. The van der Waals surface area contributed by atoms with Crippen molar-refractivity contribution < 1.29 is 38.5 Å². The van der Waals surface area contributed by atoms with Crippen LogP contribution >= 0.6 is 15.9 Å². The molecule has 50 heavy (non-hydrogen) atoms. The average molecular weight is 760 g/mol. The molecule has 4 heterocycles. The quantitative estimate of drug-likeness (QED) is 0.154. The maximum Gasteiger partial charge on any atom is 0.313 e. The van der Waals surface area contributed by atoms with Gasteiger partial charge in [0, 0.05) is 51.0 Å². The molecule has 1 unspecified atom stereocenters. The van der Waals surface area contributed by atoms with Crippen LogP contribution in [0.15, 0.2) is 55.6 Å². The molecule has 1 N–H and O–H groups in total. The van der Waals surface area contributed by atoms with Crippen molar-refractivity contribution in [3.8, 4) is 0 Å². The fourth-order valence-corrected chi connectivity index (χ4v) is 8.95. The molecular formula is C37H51BrN4O8. The lowest BCUT2D eigenvalue weighted by molar-refractivity contribution is -0.165. The van der Waals surface area contributed by atoms with E-state index in [1.807, 2.05) is 37.3 Å². The first-order valence-corrected chi connectivity index (χ1v) is 18.5. The number of likely N-dealkylation sites (tertiary alicyclic amines) is 1. The first-order chi connectivity index (χ1) is 24.0. The van der Waals surface area contributed by atoms with Crippen LogP contribution in [0.5, 0.6) is 0 Å². The summed E-state index contributed by atoms with van der Waals surface area (Å²) in [5.41, 5.74) is -0.614. The molecule has 5 rings (SSSR count). The average Bonchev–Trinajstić information content (AvgIpc) is 3.73. The highest BCUT2D eigenvalue weighted by Crippen LogP contribution is 2.61. The number of amides is 3. The molecule has 4 aliphatic rings. The second kappa shape index (κ2) is 16.5. The molecule has 4 saturated heterocycles. The number of alkyl halides is 1. The number of hydrogen-bond acceptors (Lipinski definition) is 9. The molecule has 1 aromatic rings. The van der Waals surface area contributed by atoms with Gasteiger partial charge in [-0.2, -0.15) is 0 Å². The zero-order valence-electron chi connectivity index (χ0n) is 29.3. The van der Waals surface area contributed by atoms with Crippen LogP contribution in [-0.2, 0) is 33.4 Å². The van der Waals surface area contributed by atoms with Gasteiger partial charge in [0.25, 0.3) is 0 Å². The number of morpholine rings is 1. The van der Waals surface area contributed by atoms with Crippen LogP contribution in [0.4, 0.5) is 0 Å². The monoisotopic (exact) mass is 758 g/mol. The van der Waals surface area contributed by atoms with E-state index in [1.54, 1.807) is 35.9 Å². The Morgan fingerprint density at radius 2 is 1.86 bits per heavy atom. The van der Waals surface area contributed by atoms with E-state index in [0.717, 1.165) is 13.1 Å². The number of nitrogens with zero attached hydrogens (tertiary/aromatic N) is 4. The van der Waals surface area contributed by atoms with Gasteiger partial charge in [0.2, 0.25) is 17.7 Å². The van der Waals surface area contributed by atoms with Crippen LogP contribution in [0, 0.1) is 11.8 Å². The van der Waals surface area contributed by atoms with Gasteiger partial charge in [-0.25, -0.2) is 0 Å². The molecule has 4 fully saturated rings. The van der Waals surface area contributed by atoms with E-state index in [0.29, 0.717) is 44.7 Å². The van der Waals surface area contributed by atoms with Crippen molar-refractivity contribution in [1.29, 1.82) is 0 Å². The number of hydrogen-bond donors (Lipinski definition) is 1. The summed E-state index contributed by atoms with van der Waals surface area (Å²) in [6.07, 6.45) is 2.90. The molecular weight excluding hydrogens is 708 g/mol. The minimum atomic E-state index is -1.32. The second-order valence-electron chi connectivity index (χ2n) is 13.8. The number of allylic oxidation sites excluding steroid dienone is 1. The van der Waals surface area contributed by atoms with Crippen molar-refractivity contribution in [2.24, 2.45) is 11.8 Å². The Kier molecular flexibility index (Phi) is 12.6. The second-order valence-corrected chi connectivity index (χ2v) is 15.0. The maximum absolute atomic E-state index is 14.7. The molecule has 274 valence electrons. The highest BCUT2D eigenvalue weighted by Gasteiger charge is 2.77. The Hall–Kier alpha value is -3.10. The number of esters is 1. The smallest absolute Gasteiger partial charge is 0.313 e. The summed E-state index contributed by atoms with van der Waals surface area (Å²) in [5, 5.41) is 10.3. The molecule has 13 heteroatoms. The highest BCUT2D eigenvalue weighted by atomic mass is 79.9. The van der Waals surface area contributed by atoms with E-state index in [9.17, 15) is 24.3 Å². The number of rotatable bonds is 16. The van der Waals surface area contributed by atoms with Crippen molar-refractivity contribution in [3.63, 3.8) is 0 Å². The van der Waals surface area contributed by atoms with Gasteiger partial charge in [-0.3, -0.25) is 24.1 Å². The standard InChI is InChI=1S/C37H51BrN4O8/c1-6-8-14-28(44)39(5)25(4)31(26-12-10-9-11-13-26)49-36(47)29-30-34(45)42(24(3)23-43)33(37(30)22-27(38)32(29)50-37)35(46)41(15-7-2)17-16-40-18-20-48-21-19-40/h6-7,9-13,24-25,27,29-33,43H,1-2,8,14-23H2,3-5H3/t24-,25+,27?,29+,30-,31-,32+,33+,37-/m1/s1. The van der Waals surface area contributed by atoms with Crippen LogP contribution in [0.1, 0.15) is 44.8 Å². The van der Waals surface area contributed by atoms with E-state index in [2.05, 4.69) is 34.0 Å². The van der Waals surface area contributed by atoms with Crippen molar-refractivity contribution >= 4 is 39.6 Å². The van der Waals surface area contributed by atoms with Crippen LogP contribution in [0.3, 0.4) is 0 Å². The molecule has 4 aliphatic heterocycles. The first-order valence-electron chi connectivity index (χ1n) is 17.6.